The van der Waals surface area contributed by atoms with Gasteiger partial charge in [0.1, 0.15) is 0 Å². The van der Waals surface area contributed by atoms with Crippen LogP contribution in [0.5, 0.6) is 0 Å². The monoisotopic (exact) mass is 310 g/mol. The summed E-state index contributed by atoms with van der Waals surface area (Å²) >= 11 is 3.30. The van der Waals surface area contributed by atoms with Gasteiger partial charge < -0.3 is 10.7 Å². The van der Waals surface area contributed by atoms with E-state index in [0.717, 1.165) is 15.4 Å². The van der Waals surface area contributed by atoms with Crippen molar-refractivity contribution in [2.75, 3.05) is 0 Å². The number of benzene rings is 1. The number of nitrogens with one attached hydrogen (secondary N) is 1. The van der Waals surface area contributed by atoms with Crippen LogP contribution < -0.4 is 5.73 Å². The molecule has 0 bridgehead atoms. The summed E-state index contributed by atoms with van der Waals surface area (Å²) in [5.74, 6) is 0. The number of H-pyrrole nitrogens is 1. The van der Waals surface area contributed by atoms with E-state index in [1.165, 1.54) is 6.20 Å². The Balaban J connectivity index is 0.00000128. The Hall–Kier alpha value is -0.650. The molecule has 0 aliphatic rings. The van der Waals surface area contributed by atoms with Crippen LogP contribution in [0.4, 0.5) is 8.78 Å². The molecule has 0 aliphatic carbocycles. The first kappa shape index (κ1) is 13.4. The molecule has 0 spiro atoms. The molecule has 0 aliphatic heterocycles. The molecule has 1 aromatic heterocycles. The second kappa shape index (κ2) is 5.12. The van der Waals surface area contributed by atoms with Gasteiger partial charge in [0.25, 0.3) is 6.43 Å². The third-order valence-electron chi connectivity index (χ3n) is 2.31. The average molecular weight is 312 g/mol. The van der Waals surface area contributed by atoms with Crippen LogP contribution in [0, 0.1) is 0 Å². The van der Waals surface area contributed by atoms with Crippen molar-refractivity contribution >= 4 is 39.2 Å². The summed E-state index contributed by atoms with van der Waals surface area (Å²) in [6, 6.07) is 4.20. The third-order valence-corrected chi connectivity index (χ3v) is 2.80. The lowest BCUT2D eigenvalue weighted by atomic mass is 10.1. The van der Waals surface area contributed by atoms with Crippen LogP contribution in [-0.2, 0) is 0 Å². The zero-order valence-electron chi connectivity index (χ0n) is 8.08. The molecule has 2 rings (SSSR count). The fourth-order valence-corrected chi connectivity index (χ4v) is 1.89. The van der Waals surface area contributed by atoms with Gasteiger partial charge in [0, 0.05) is 21.6 Å². The minimum absolute atomic E-state index is 0. The molecular formula is C10H10BrClF2N2. The predicted octanol–water partition coefficient (Wildman–Crippen LogP) is 3.62. The molecule has 6 heteroatoms. The van der Waals surface area contributed by atoms with Crippen molar-refractivity contribution in [3.8, 4) is 0 Å². The molecule has 3 N–H and O–H groups in total. The lowest BCUT2D eigenvalue weighted by molar-refractivity contribution is 0.117. The highest BCUT2D eigenvalue weighted by Crippen LogP contribution is 2.28. The maximum Gasteiger partial charge on any atom is 0.257 e. The maximum atomic E-state index is 12.5. The average Bonchev–Trinajstić information content (AvgIpc) is 2.59. The van der Waals surface area contributed by atoms with Gasteiger partial charge in [-0.1, -0.05) is 15.9 Å². The molecule has 2 nitrogen and oxygen atoms in total. The SMILES string of the molecule is Cl.N[C@H](c1c[nH]c2ccc(Br)cc12)C(F)F. The molecule has 16 heavy (non-hydrogen) atoms. The number of fused-ring (bicyclic) bond motifs is 1. The molecular weight excluding hydrogens is 301 g/mol. The lowest BCUT2D eigenvalue weighted by Crippen LogP contribution is -2.18. The van der Waals surface area contributed by atoms with Gasteiger partial charge in [-0.3, -0.25) is 0 Å². The first-order chi connectivity index (χ1) is 7.09. The standard InChI is InChI=1S/C10H9BrF2N2.ClH/c11-5-1-2-8-6(3-5)7(4-15-8)9(14)10(12)13;/h1-4,9-10,15H,14H2;1H/t9-;/m1./s1. The summed E-state index contributed by atoms with van der Waals surface area (Å²) in [7, 11) is 0. The molecule has 1 atom stereocenters. The lowest BCUT2D eigenvalue weighted by Gasteiger charge is -2.08. The fourth-order valence-electron chi connectivity index (χ4n) is 1.53. The summed E-state index contributed by atoms with van der Waals surface area (Å²) in [6.45, 7) is 0. The van der Waals surface area contributed by atoms with Gasteiger partial charge in [-0.2, -0.15) is 0 Å². The van der Waals surface area contributed by atoms with Crippen molar-refractivity contribution in [2.45, 2.75) is 12.5 Å². The number of nitrogens with two attached hydrogens (primary N) is 1. The van der Waals surface area contributed by atoms with Crippen molar-refractivity contribution in [1.29, 1.82) is 0 Å². The number of hydrogen-bond donors (Lipinski definition) is 2. The second-order valence-corrected chi connectivity index (χ2v) is 4.21. The molecule has 1 heterocycles. The van der Waals surface area contributed by atoms with Crippen LogP contribution in [-0.4, -0.2) is 11.4 Å². The Morgan fingerprint density at radius 3 is 2.62 bits per heavy atom. The molecule has 2 aromatic rings. The van der Waals surface area contributed by atoms with Gasteiger partial charge >= 0.3 is 0 Å². The molecule has 0 fully saturated rings. The van der Waals surface area contributed by atoms with Crippen LogP contribution in [0.2, 0.25) is 0 Å². The highest BCUT2D eigenvalue weighted by atomic mass is 79.9. The Kier molecular flexibility index (Phi) is 4.29. The Morgan fingerprint density at radius 2 is 2.00 bits per heavy atom. The van der Waals surface area contributed by atoms with E-state index in [0.29, 0.717) is 5.56 Å². The largest absolute Gasteiger partial charge is 0.361 e. The van der Waals surface area contributed by atoms with E-state index in [4.69, 9.17) is 5.73 Å². The smallest absolute Gasteiger partial charge is 0.257 e. The van der Waals surface area contributed by atoms with E-state index in [1.807, 2.05) is 12.1 Å². The van der Waals surface area contributed by atoms with Crippen molar-refractivity contribution in [3.05, 3.63) is 34.4 Å². The van der Waals surface area contributed by atoms with Crippen LogP contribution in [0.25, 0.3) is 10.9 Å². The zero-order chi connectivity index (χ0) is 11.0. The molecule has 0 saturated carbocycles. The quantitative estimate of drug-likeness (QED) is 0.874. The number of aromatic nitrogens is 1. The van der Waals surface area contributed by atoms with Gasteiger partial charge in [0.15, 0.2) is 0 Å². The number of alkyl halides is 2. The number of aromatic amines is 1. The van der Waals surface area contributed by atoms with Gasteiger partial charge in [0.05, 0.1) is 6.04 Å². The van der Waals surface area contributed by atoms with E-state index in [2.05, 4.69) is 20.9 Å². The van der Waals surface area contributed by atoms with Gasteiger partial charge in [-0.15, -0.1) is 12.4 Å². The van der Waals surface area contributed by atoms with E-state index in [1.54, 1.807) is 6.07 Å². The minimum Gasteiger partial charge on any atom is -0.361 e. The molecule has 88 valence electrons. The normalized spacial score (nSPS) is 12.8. The first-order valence-corrected chi connectivity index (χ1v) is 5.19. The van der Waals surface area contributed by atoms with Crippen LogP contribution in [0.15, 0.2) is 28.9 Å². The molecule has 0 unspecified atom stereocenters. The Bertz CT molecular complexity index is 487. The third kappa shape index (κ3) is 2.36. The highest BCUT2D eigenvalue weighted by Gasteiger charge is 2.20. The minimum atomic E-state index is -2.55. The number of hydrogen-bond acceptors (Lipinski definition) is 1. The maximum absolute atomic E-state index is 12.5. The van der Waals surface area contributed by atoms with E-state index in [9.17, 15) is 8.78 Å². The first-order valence-electron chi connectivity index (χ1n) is 4.40. The summed E-state index contributed by atoms with van der Waals surface area (Å²) in [5.41, 5.74) is 6.67. The Labute approximate surface area is 106 Å². The van der Waals surface area contributed by atoms with E-state index in [-0.39, 0.29) is 12.4 Å². The highest BCUT2D eigenvalue weighted by molar-refractivity contribution is 9.10. The topological polar surface area (TPSA) is 41.8 Å². The molecule has 0 saturated heterocycles. The van der Waals surface area contributed by atoms with Crippen LogP contribution in [0.1, 0.15) is 11.6 Å². The summed E-state index contributed by atoms with van der Waals surface area (Å²) in [6.07, 6.45) is -1.02. The number of rotatable bonds is 2. The van der Waals surface area contributed by atoms with Crippen LogP contribution >= 0.6 is 28.3 Å². The molecule has 0 radical (unpaired) electrons. The van der Waals surface area contributed by atoms with Crippen molar-refractivity contribution in [3.63, 3.8) is 0 Å². The second-order valence-electron chi connectivity index (χ2n) is 3.29. The summed E-state index contributed by atoms with van der Waals surface area (Å²) in [5, 5.41) is 0.733. The summed E-state index contributed by atoms with van der Waals surface area (Å²) < 4.78 is 25.8. The Morgan fingerprint density at radius 1 is 1.31 bits per heavy atom. The molecule has 0 amide bonds. The van der Waals surface area contributed by atoms with Crippen LogP contribution in [0.3, 0.4) is 0 Å². The van der Waals surface area contributed by atoms with Gasteiger partial charge in [-0.25, -0.2) is 8.78 Å². The van der Waals surface area contributed by atoms with E-state index >= 15 is 0 Å². The van der Waals surface area contributed by atoms with Crippen molar-refractivity contribution < 1.29 is 8.78 Å². The fraction of sp³-hybridized carbons (Fsp3) is 0.200. The zero-order valence-corrected chi connectivity index (χ0v) is 10.5. The van der Waals surface area contributed by atoms with Gasteiger partial charge in [0.2, 0.25) is 0 Å². The van der Waals surface area contributed by atoms with Crippen molar-refractivity contribution in [1.82, 2.24) is 4.98 Å². The number of halogens is 4. The molecule has 1 aromatic carbocycles. The van der Waals surface area contributed by atoms with E-state index < -0.39 is 12.5 Å². The summed E-state index contributed by atoms with van der Waals surface area (Å²) in [4.78, 5) is 2.92. The predicted molar refractivity (Wildman–Crippen MR) is 66.2 cm³/mol. The van der Waals surface area contributed by atoms with Gasteiger partial charge in [-0.05, 0) is 23.8 Å². The van der Waals surface area contributed by atoms with Crippen molar-refractivity contribution in [2.24, 2.45) is 5.73 Å².